The van der Waals surface area contributed by atoms with Crippen LogP contribution in [0.3, 0.4) is 0 Å². The van der Waals surface area contributed by atoms with Gasteiger partial charge in [-0.3, -0.25) is 9.59 Å². The topological polar surface area (TPSA) is 60.9 Å². The third kappa shape index (κ3) is 4.28. The van der Waals surface area contributed by atoms with Crippen LogP contribution in [0.4, 0.5) is 11.4 Å². The highest BCUT2D eigenvalue weighted by molar-refractivity contribution is 7.17. The Morgan fingerprint density at radius 3 is 2.18 bits per heavy atom. The number of benzene rings is 3. The molecule has 8 heteroatoms. The fourth-order valence-corrected chi connectivity index (χ4v) is 7.59. The van der Waals surface area contributed by atoms with Crippen LogP contribution in [0.1, 0.15) is 58.7 Å². The number of anilines is 2. The normalized spacial score (nSPS) is 20.5. The van der Waals surface area contributed by atoms with Crippen molar-refractivity contribution in [2.75, 3.05) is 34.6 Å². The SMILES string of the molecule is [2H]C([2H])(CC([2H])([2H])C(=O)N1C[C@@H](CCl)c2c1cc(C)c1scc(C)c21)C(=O)N1C[C@@H](CCl)c2c1cc(O)c1ccccc21. The number of aromatic hydroxyl groups is 1. The lowest BCUT2D eigenvalue weighted by Gasteiger charge is -2.20. The fraction of sp³-hybridized carbons (Fsp3) is 0.355. The maximum absolute atomic E-state index is 13.8. The molecule has 2 atom stereocenters. The van der Waals surface area contributed by atoms with Gasteiger partial charge in [0.1, 0.15) is 5.75 Å². The van der Waals surface area contributed by atoms with Gasteiger partial charge in [-0.15, -0.1) is 34.5 Å². The molecule has 0 fully saturated rings. The van der Waals surface area contributed by atoms with Gasteiger partial charge in [0, 0.05) is 82.1 Å². The first kappa shape index (κ1) is 22.0. The Kier molecular flexibility index (Phi) is 5.80. The molecule has 39 heavy (non-hydrogen) atoms. The second-order valence-electron chi connectivity index (χ2n) is 10.2. The van der Waals surface area contributed by atoms with Crippen LogP contribution in [0.25, 0.3) is 20.9 Å². The van der Waals surface area contributed by atoms with Crippen LogP contribution in [0.5, 0.6) is 5.75 Å². The molecule has 0 aliphatic carbocycles. The minimum absolute atomic E-state index is 0.0553. The summed E-state index contributed by atoms with van der Waals surface area (Å²) in [5.74, 6) is -2.06. The molecule has 2 aliphatic heterocycles. The summed E-state index contributed by atoms with van der Waals surface area (Å²) in [6.07, 6.45) is -6.42. The number of amides is 2. The minimum atomic E-state index is -2.74. The predicted octanol–water partition coefficient (Wildman–Crippen LogP) is 7.59. The molecule has 0 unspecified atom stereocenters. The van der Waals surface area contributed by atoms with E-state index >= 15 is 0 Å². The van der Waals surface area contributed by atoms with E-state index < -0.39 is 31.0 Å². The van der Waals surface area contributed by atoms with E-state index in [1.54, 1.807) is 23.5 Å². The van der Waals surface area contributed by atoms with Crippen molar-refractivity contribution in [3.63, 3.8) is 0 Å². The summed E-state index contributed by atoms with van der Waals surface area (Å²) in [6.45, 7) is 4.20. The maximum Gasteiger partial charge on any atom is 0.227 e. The van der Waals surface area contributed by atoms with Crippen molar-refractivity contribution in [1.82, 2.24) is 0 Å². The third-order valence-electron chi connectivity index (χ3n) is 7.82. The van der Waals surface area contributed by atoms with Gasteiger partial charge in [-0.1, -0.05) is 24.3 Å². The second kappa shape index (κ2) is 10.3. The Morgan fingerprint density at radius 1 is 0.949 bits per heavy atom. The molecular formula is C31H30Cl2N2O3S. The molecule has 202 valence electrons. The molecular weight excluding hydrogens is 551 g/mol. The lowest BCUT2D eigenvalue weighted by atomic mass is 9.95. The summed E-state index contributed by atoms with van der Waals surface area (Å²) >= 11 is 14.2. The quantitative estimate of drug-likeness (QED) is 0.237. The Hall–Kier alpha value is -2.80. The Labute approximate surface area is 247 Å². The van der Waals surface area contributed by atoms with Gasteiger partial charge in [0.2, 0.25) is 11.8 Å². The van der Waals surface area contributed by atoms with Crippen molar-refractivity contribution < 1.29 is 20.2 Å². The Bertz CT molecular complexity index is 1810. The zero-order valence-electron chi connectivity index (χ0n) is 25.6. The highest BCUT2D eigenvalue weighted by Crippen LogP contribution is 2.47. The van der Waals surface area contributed by atoms with Gasteiger partial charge in [-0.2, -0.15) is 0 Å². The fourth-order valence-electron chi connectivity index (χ4n) is 6.04. The summed E-state index contributed by atoms with van der Waals surface area (Å²) in [4.78, 5) is 30.2. The average Bonchev–Trinajstić information content (AvgIpc) is 3.65. The summed E-state index contributed by atoms with van der Waals surface area (Å²) < 4.78 is 36.0. The van der Waals surface area contributed by atoms with Crippen molar-refractivity contribution in [2.45, 2.75) is 44.8 Å². The highest BCUT2D eigenvalue weighted by atomic mass is 35.5. The van der Waals surface area contributed by atoms with Crippen molar-refractivity contribution in [3.8, 4) is 5.75 Å². The number of carbonyl (C=O) groups is 2. The number of rotatable bonds is 6. The van der Waals surface area contributed by atoms with E-state index in [0.29, 0.717) is 16.8 Å². The first-order chi connectivity index (χ1) is 20.3. The van der Waals surface area contributed by atoms with Gasteiger partial charge in [-0.05, 0) is 59.4 Å². The number of thiophene rings is 1. The molecule has 0 bridgehead atoms. The van der Waals surface area contributed by atoms with Crippen molar-refractivity contribution >= 4 is 78.6 Å². The molecule has 0 spiro atoms. The number of phenolic OH excluding ortho intramolecular Hbond substituents is 1. The van der Waals surface area contributed by atoms with Crippen LogP contribution >= 0.6 is 34.5 Å². The number of nitrogens with zero attached hydrogens (tertiary/aromatic N) is 2. The molecule has 0 radical (unpaired) electrons. The predicted molar refractivity (Wildman–Crippen MR) is 162 cm³/mol. The highest BCUT2D eigenvalue weighted by Gasteiger charge is 2.36. The average molecular weight is 586 g/mol. The second-order valence-corrected chi connectivity index (χ2v) is 11.7. The molecule has 4 aromatic rings. The summed E-state index contributed by atoms with van der Waals surface area (Å²) in [5, 5.41) is 15.1. The summed E-state index contributed by atoms with van der Waals surface area (Å²) in [7, 11) is 0. The van der Waals surface area contributed by atoms with E-state index in [1.807, 2.05) is 32.0 Å². The van der Waals surface area contributed by atoms with E-state index in [4.69, 9.17) is 28.7 Å². The number of phenols is 1. The van der Waals surface area contributed by atoms with Crippen molar-refractivity contribution in [3.05, 3.63) is 64.0 Å². The molecule has 1 N–H and O–H groups in total. The molecule has 2 amide bonds. The molecule has 3 aromatic carbocycles. The number of carbonyl (C=O) groups excluding carboxylic acids is 2. The van der Waals surface area contributed by atoms with Gasteiger partial charge >= 0.3 is 0 Å². The molecule has 1 aromatic heterocycles. The Morgan fingerprint density at radius 2 is 1.54 bits per heavy atom. The zero-order valence-corrected chi connectivity index (χ0v) is 23.9. The number of fused-ring (bicyclic) bond motifs is 6. The van der Waals surface area contributed by atoms with Gasteiger partial charge in [0.05, 0.1) is 5.69 Å². The molecule has 3 heterocycles. The number of aryl methyl sites for hydroxylation is 2. The van der Waals surface area contributed by atoms with Crippen LogP contribution in [-0.4, -0.2) is 41.8 Å². The van der Waals surface area contributed by atoms with Crippen LogP contribution in [0.2, 0.25) is 0 Å². The smallest absolute Gasteiger partial charge is 0.227 e. The van der Waals surface area contributed by atoms with Crippen molar-refractivity contribution in [1.29, 1.82) is 0 Å². The number of halogens is 2. The zero-order chi connectivity index (χ0) is 31.0. The van der Waals surface area contributed by atoms with E-state index in [1.165, 1.54) is 15.9 Å². The van der Waals surface area contributed by atoms with E-state index in [-0.39, 0.29) is 42.4 Å². The molecule has 0 saturated carbocycles. The number of alkyl halides is 2. The van der Waals surface area contributed by atoms with Gasteiger partial charge < -0.3 is 14.9 Å². The minimum Gasteiger partial charge on any atom is -0.507 e. The van der Waals surface area contributed by atoms with Crippen LogP contribution in [0.15, 0.2) is 41.8 Å². The monoisotopic (exact) mass is 584 g/mol. The standard InChI is InChI=1S/C31H30Cl2N2O3S/c1-17-10-23-30(28-18(2)16-39-31(17)28)20(13-33)15-34(23)26(37)8-5-9-27(38)35-14-19(12-32)29-22-7-4-3-6-21(22)25(36)11-24(29)35/h3-4,6-7,10-11,16,19-20,36H,5,8-9,12-15H2,1-2H3/t19-,20-/m1/s1/i8D2,9D2. The molecule has 2 aliphatic rings. The molecule has 0 saturated heterocycles. The number of hydrogen-bond acceptors (Lipinski definition) is 4. The van der Waals surface area contributed by atoms with Crippen molar-refractivity contribution in [2.24, 2.45) is 0 Å². The summed E-state index contributed by atoms with van der Waals surface area (Å²) in [5.41, 5.74) is 4.59. The van der Waals surface area contributed by atoms with Gasteiger partial charge in [0.15, 0.2) is 0 Å². The Balaban J connectivity index is 1.32. The lowest BCUT2D eigenvalue weighted by Crippen LogP contribution is -2.32. The van der Waals surface area contributed by atoms with E-state index in [2.05, 4.69) is 5.38 Å². The molecule has 5 nitrogen and oxygen atoms in total. The van der Waals surface area contributed by atoms with Gasteiger partial charge in [-0.25, -0.2) is 0 Å². The number of hydrogen-bond donors (Lipinski definition) is 1. The lowest BCUT2D eigenvalue weighted by molar-refractivity contribution is -0.119. The maximum atomic E-state index is 13.8. The first-order valence-electron chi connectivity index (χ1n) is 14.8. The summed E-state index contributed by atoms with van der Waals surface area (Å²) in [6, 6.07) is 10.5. The van der Waals surface area contributed by atoms with Crippen LogP contribution in [0, 0.1) is 13.8 Å². The van der Waals surface area contributed by atoms with E-state index in [0.717, 1.165) is 37.7 Å². The van der Waals surface area contributed by atoms with Crippen LogP contribution in [-0.2, 0) is 9.59 Å². The largest absolute Gasteiger partial charge is 0.507 e. The first-order valence-corrected chi connectivity index (χ1v) is 14.8. The van der Waals surface area contributed by atoms with E-state index in [9.17, 15) is 14.7 Å². The van der Waals surface area contributed by atoms with Crippen LogP contribution < -0.4 is 9.80 Å². The third-order valence-corrected chi connectivity index (χ3v) is 9.80. The molecule has 6 rings (SSSR count). The van der Waals surface area contributed by atoms with Gasteiger partial charge in [0.25, 0.3) is 0 Å².